The Labute approximate surface area is 97.2 Å². The highest BCUT2D eigenvalue weighted by Gasteiger charge is 2.27. The SMILES string of the molecule is CNCc1ccnc(CCOCC(F)(F)F)n1. The lowest BCUT2D eigenvalue weighted by Gasteiger charge is -2.07. The van der Waals surface area contributed by atoms with E-state index in [-0.39, 0.29) is 13.0 Å². The minimum atomic E-state index is -4.28. The number of aromatic nitrogens is 2. The summed E-state index contributed by atoms with van der Waals surface area (Å²) in [5.41, 5.74) is 0.799. The fourth-order valence-corrected chi connectivity index (χ4v) is 1.19. The molecule has 0 amide bonds. The van der Waals surface area contributed by atoms with Crippen LogP contribution in [0.15, 0.2) is 12.3 Å². The molecular weight excluding hydrogens is 235 g/mol. The lowest BCUT2D eigenvalue weighted by molar-refractivity contribution is -0.173. The van der Waals surface area contributed by atoms with E-state index in [2.05, 4.69) is 20.0 Å². The molecule has 4 nitrogen and oxygen atoms in total. The maximum absolute atomic E-state index is 11.8. The molecular formula is C10H14F3N3O. The van der Waals surface area contributed by atoms with Crippen LogP contribution in [0.5, 0.6) is 0 Å². The summed E-state index contributed by atoms with van der Waals surface area (Å²) in [6.07, 6.45) is -2.43. The third-order valence-corrected chi connectivity index (χ3v) is 1.86. The van der Waals surface area contributed by atoms with Crippen molar-refractivity contribution in [2.45, 2.75) is 19.1 Å². The van der Waals surface area contributed by atoms with Crippen molar-refractivity contribution in [1.29, 1.82) is 0 Å². The first-order valence-electron chi connectivity index (χ1n) is 5.11. The van der Waals surface area contributed by atoms with Crippen LogP contribution < -0.4 is 5.32 Å². The van der Waals surface area contributed by atoms with Crippen molar-refractivity contribution in [3.05, 3.63) is 23.8 Å². The van der Waals surface area contributed by atoms with E-state index in [4.69, 9.17) is 0 Å². The van der Waals surface area contributed by atoms with E-state index in [1.165, 1.54) is 0 Å². The number of hydrogen-bond donors (Lipinski definition) is 1. The van der Waals surface area contributed by atoms with Gasteiger partial charge >= 0.3 is 6.18 Å². The minimum Gasteiger partial charge on any atom is -0.372 e. The van der Waals surface area contributed by atoms with Crippen molar-refractivity contribution in [3.8, 4) is 0 Å². The Hall–Kier alpha value is -1.21. The van der Waals surface area contributed by atoms with Crippen LogP contribution in [-0.2, 0) is 17.7 Å². The van der Waals surface area contributed by atoms with Crippen molar-refractivity contribution >= 4 is 0 Å². The zero-order valence-corrected chi connectivity index (χ0v) is 9.42. The van der Waals surface area contributed by atoms with Gasteiger partial charge in [0.05, 0.1) is 12.3 Å². The summed E-state index contributed by atoms with van der Waals surface area (Å²) in [7, 11) is 1.79. The van der Waals surface area contributed by atoms with E-state index in [0.717, 1.165) is 5.69 Å². The molecule has 0 atom stereocenters. The fourth-order valence-electron chi connectivity index (χ4n) is 1.19. The zero-order chi connectivity index (χ0) is 12.7. The average molecular weight is 249 g/mol. The third-order valence-electron chi connectivity index (χ3n) is 1.86. The van der Waals surface area contributed by atoms with E-state index in [0.29, 0.717) is 12.4 Å². The molecule has 0 aromatic carbocycles. The summed E-state index contributed by atoms with van der Waals surface area (Å²) in [5, 5.41) is 2.93. The maximum Gasteiger partial charge on any atom is 0.411 e. The van der Waals surface area contributed by atoms with E-state index >= 15 is 0 Å². The lowest BCUT2D eigenvalue weighted by atomic mass is 10.3. The molecule has 1 heterocycles. The molecule has 0 saturated carbocycles. The van der Waals surface area contributed by atoms with Gasteiger partial charge in [-0.15, -0.1) is 0 Å². The summed E-state index contributed by atoms with van der Waals surface area (Å²) >= 11 is 0. The smallest absolute Gasteiger partial charge is 0.372 e. The van der Waals surface area contributed by atoms with Crippen LogP contribution in [0.4, 0.5) is 13.2 Å². The number of hydrogen-bond acceptors (Lipinski definition) is 4. The van der Waals surface area contributed by atoms with E-state index in [1.54, 1.807) is 19.3 Å². The average Bonchev–Trinajstić information content (AvgIpc) is 2.24. The van der Waals surface area contributed by atoms with Crippen LogP contribution >= 0.6 is 0 Å². The maximum atomic E-state index is 11.8. The number of ether oxygens (including phenoxy) is 1. The molecule has 0 aliphatic heterocycles. The van der Waals surface area contributed by atoms with Gasteiger partial charge in [0, 0.05) is 19.2 Å². The molecule has 0 unspecified atom stereocenters. The van der Waals surface area contributed by atoms with Gasteiger partial charge in [-0.25, -0.2) is 9.97 Å². The van der Waals surface area contributed by atoms with Gasteiger partial charge in [-0.3, -0.25) is 0 Å². The highest BCUT2D eigenvalue weighted by molar-refractivity contribution is 5.02. The summed E-state index contributed by atoms with van der Waals surface area (Å²) in [4.78, 5) is 8.12. The Bertz CT molecular complexity index is 344. The second kappa shape index (κ2) is 6.51. The molecule has 0 radical (unpaired) electrons. The predicted octanol–water partition coefficient (Wildman–Crippen LogP) is 1.32. The first-order valence-corrected chi connectivity index (χ1v) is 5.11. The van der Waals surface area contributed by atoms with Crippen molar-refractivity contribution < 1.29 is 17.9 Å². The largest absolute Gasteiger partial charge is 0.411 e. The van der Waals surface area contributed by atoms with Crippen LogP contribution in [0, 0.1) is 0 Å². The van der Waals surface area contributed by atoms with Crippen LogP contribution in [0.3, 0.4) is 0 Å². The van der Waals surface area contributed by atoms with Crippen molar-refractivity contribution in [2.24, 2.45) is 0 Å². The van der Waals surface area contributed by atoms with Gasteiger partial charge in [0.1, 0.15) is 12.4 Å². The Morgan fingerprint density at radius 1 is 1.41 bits per heavy atom. The number of rotatable bonds is 6. The predicted molar refractivity (Wildman–Crippen MR) is 55.4 cm³/mol. The van der Waals surface area contributed by atoms with Gasteiger partial charge in [0.2, 0.25) is 0 Å². The van der Waals surface area contributed by atoms with Gasteiger partial charge in [-0.05, 0) is 13.1 Å². The molecule has 0 spiro atoms. The minimum absolute atomic E-state index is 0.0392. The molecule has 7 heteroatoms. The monoisotopic (exact) mass is 249 g/mol. The molecule has 0 aliphatic carbocycles. The Morgan fingerprint density at radius 3 is 2.82 bits per heavy atom. The van der Waals surface area contributed by atoms with Crippen LogP contribution in [0.25, 0.3) is 0 Å². The standard InChI is InChI=1S/C10H14F3N3O/c1-14-6-8-2-4-15-9(16-8)3-5-17-7-10(11,12)13/h2,4,14H,3,5-7H2,1H3. The molecule has 0 aliphatic rings. The van der Waals surface area contributed by atoms with Gasteiger partial charge in [-0.1, -0.05) is 0 Å². The molecule has 0 bridgehead atoms. The fraction of sp³-hybridized carbons (Fsp3) is 0.600. The summed E-state index contributed by atoms with van der Waals surface area (Å²) < 4.78 is 39.8. The molecule has 0 fully saturated rings. The molecule has 1 N–H and O–H groups in total. The molecule has 1 aromatic rings. The van der Waals surface area contributed by atoms with Gasteiger partial charge in [0.25, 0.3) is 0 Å². The van der Waals surface area contributed by atoms with Gasteiger partial charge in [0.15, 0.2) is 0 Å². The van der Waals surface area contributed by atoms with Gasteiger partial charge in [-0.2, -0.15) is 13.2 Å². The van der Waals surface area contributed by atoms with Gasteiger partial charge < -0.3 is 10.1 Å². The third kappa shape index (κ3) is 6.18. The molecule has 17 heavy (non-hydrogen) atoms. The van der Waals surface area contributed by atoms with Crippen LogP contribution in [-0.4, -0.2) is 36.4 Å². The highest BCUT2D eigenvalue weighted by Crippen LogP contribution is 2.14. The Balaban J connectivity index is 2.34. The number of nitrogens with one attached hydrogen (secondary N) is 1. The number of nitrogens with zero attached hydrogens (tertiary/aromatic N) is 2. The molecule has 1 aromatic heterocycles. The van der Waals surface area contributed by atoms with Crippen LogP contribution in [0.2, 0.25) is 0 Å². The second-order valence-corrected chi connectivity index (χ2v) is 3.41. The van der Waals surface area contributed by atoms with Crippen molar-refractivity contribution in [3.63, 3.8) is 0 Å². The molecule has 1 rings (SSSR count). The number of halogens is 3. The van der Waals surface area contributed by atoms with Crippen LogP contribution in [0.1, 0.15) is 11.5 Å². The highest BCUT2D eigenvalue weighted by atomic mass is 19.4. The lowest BCUT2D eigenvalue weighted by Crippen LogP contribution is -2.18. The topological polar surface area (TPSA) is 47.0 Å². The number of alkyl halides is 3. The van der Waals surface area contributed by atoms with E-state index in [1.807, 2.05) is 0 Å². The first kappa shape index (κ1) is 13.9. The Kier molecular flexibility index (Phi) is 5.30. The van der Waals surface area contributed by atoms with Crippen molar-refractivity contribution in [1.82, 2.24) is 15.3 Å². The summed E-state index contributed by atoms with van der Waals surface area (Å²) in [5.74, 6) is 0.486. The summed E-state index contributed by atoms with van der Waals surface area (Å²) in [6, 6.07) is 1.75. The normalized spacial score (nSPS) is 11.8. The summed E-state index contributed by atoms with van der Waals surface area (Å²) in [6.45, 7) is -0.676. The zero-order valence-electron chi connectivity index (χ0n) is 9.42. The van der Waals surface area contributed by atoms with Crippen molar-refractivity contribution in [2.75, 3.05) is 20.3 Å². The molecule has 96 valence electrons. The van der Waals surface area contributed by atoms with E-state index in [9.17, 15) is 13.2 Å². The first-order chi connectivity index (χ1) is 8.01. The quantitative estimate of drug-likeness (QED) is 0.772. The Morgan fingerprint density at radius 2 is 2.18 bits per heavy atom. The molecule has 0 saturated heterocycles. The second-order valence-electron chi connectivity index (χ2n) is 3.41. The van der Waals surface area contributed by atoms with E-state index < -0.39 is 12.8 Å².